The molecule has 0 spiro atoms. The van der Waals surface area contributed by atoms with E-state index >= 15 is 0 Å². The number of halogens is 1. The van der Waals surface area contributed by atoms with E-state index < -0.39 is 21.6 Å². The number of hydrogen-bond acceptors (Lipinski definition) is 6. The lowest BCUT2D eigenvalue weighted by Crippen LogP contribution is -2.24. The molecule has 0 saturated carbocycles. The fraction of sp³-hybridized carbons (Fsp3) is 0.250. The maximum atomic E-state index is 13.7. The van der Waals surface area contributed by atoms with Crippen molar-refractivity contribution >= 4 is 21.4 Å². The molecule has 25 heavy (non-hydrogen) atoms. The Bertz CT molecular complexity index is 883. The second-order valence-corrected chi connectivity index (χ2v) is 7.26. The van der Waals surface area contributed by atoms with E-state index in [2.05, 4.69) is 10.3 Å². The van der Waals surface area contributed by atoms with Gasteiger partial charge in [-0.05, 0) is 30.7 Å². The summed E-state index contributed by atoms with van der Waals surface area (Å²) in [6, 6.07) is 7.22. The van der Waals surface area contributed by atoms with Crippen LogP contribution >= 0.6 is 0 Å². The highest BCUT2D eigenvalue weighted by Crippen LogP contribution is 2.21. The summed E-state index contributed by atoms with van der Waals surface area (Å²) in [6.45, 7) is 1.98. The van der Waals surface area contributed by atoms with Crippen LogP contribution < -0.4 is 15.8 Å². The van der Waals surface area contributed by atoms with E-state index in [1.807, 2.05) is 0 Å². The molecule has 9 heteroatoms. The monoisotopic (exact) mass is 367 g/mol. The van der Waals surface area contributed by atoms with Gasteiger partial charge >= 0.3 is 0 Å². The fourth-order valence-corrected chi connectivity index (χ4v) is 2.63. The standard InChI is InChI=1S/C16H18FN3O4S/c1-3-24-16-14(17)12(18)8-13(20-16)15(21)19-9-10-4-6-11(7-5-10)25(2,22)23/h4-8H,3,9H2,1-2H3,(H2,18,20)(H,19,21). The largest absolute Gasteiger partial charge is 0.476 e. The van der Waals surface area contributed by atoms with Crippen molar-refractivity contribution in [3.8, 4) is 5.88 Å². The van der Waals surface area contributed by atoms with E-state index in [0.717, 1.165) is 12.3 Å². The van der Waals surface area contributed by atoms with Crippen LogP contribution in [0.1, 0.15) is 23.0 Å². The number of rotatable bonds is 6. The van der Waals surface area contributed by atoms with Crippen LogP contribution in [-0.2, 0) is 16.4 Å². The van der Waals surface area contributed by atoms with Gasteiger partial charge in [0.2, 0.25) is 5.82 Å². The normalized spacial score (nSPS) is 11.2. The molecule has 0 unspecified atom stereocenters. The highest BCUT2D eigenvalue weighted by Gasteiger charge is 2.16. The summed E-state index contributed by atoms with van der Waals surface area (Å²) < 4.78 is 41.6. The van der Waals surface area contributed by atoms with Gasteiger partial charge in [0.05, 0.1) is 17.2 Å². The zero-order valence-electron chi connectivity index (χ0n) is 13.7. The van der Waals surface area contributed by atoms with Gasteiger partial charge in [-0.25, -0.2) is 13.4 Å². The van der Waals surface area contributed by atoms with Gasteiger partial charge in [-0.15, -0.1) is 0 Å². The Hall–Kier alpha value is -2.68. The number of amides is 1. The average Bonchev–Trinajstić information content (AvgIpc) is 2.56. The minimum atomic E-state index is -3.27. The molecule has 1 aromatic heterocycles. The summed E-state index contributed by atoms with van der Waals surface area (Å²) in [5, 5.41) is 2.61. The molecule has 0 radical (unpaired) electrons. The molecule has 0 aliphatic heterocycles. The summed E-state index contributed by atoms with van der Waals surface area (Å²) in [4.78, 5) is 16.2. The van der Waals surface area contributed by atoms with Gasteiger partial charge in [0.25, 0.3) is 11.8 Å². The summed E-state index contributed by atoms with van der Waals surface area (Å²) in [5.41, 5.74) is 5.91. The molecule has 1 heterocycles. The SMILES string of the molecule is CCOc1nc(C(=O)NCc2ccc(S(C)(=O)=O)cc2)cc(N)c1F. The van der Waals surface area contributed by atoms with Gasteiger partial charge in [0.1, 0.15) is 5.69 Å². The molecular weight excluding hydrogens is 349 g/mol. The van der Waals surface area contributed by atoms with E-state index in [-0.39, 0.29) is 35.3 Å². The lowest BCUT2D eigenvalue weighted by Gasteiger charge is -2.09. The number of nitrogens with one attached hydrogen (secondary N) is 1. The minimum Gasteiger partial charge on any atom is -0.476 e. The number of nitrogens with zero attached hydrogens (tertiary/aromatic N) is 1. The van der Waals surface area contributed by atoms with Gasteiger partial charge in [0.15, 0.2) is 9.84 Å². The number of nitrogens with two attached hydrogens (primary N) is 1. The molecule has 2 rings (SSSR count). The first-order valence-corrected chi connectivity index (χ1v) is 9.27. The van der Waals surface area contributed by atoms with Gasteiger partial charge in [-0.3, -0.25) is 4.79 Å². The third-order valence-corrected chi connectivity index (χ3v) is 4.40. The quantitative estimate of drug-likeness (QED) is 0.801. The Kier molecular flexibility index (Phi) is 5.58. The van der Waals surface area contributed by atoms with Crippen LogP contribution in [0, 0.1) is 5.82 Å². The van der Waals surface area contributed by atoms with Crippen molar-refractivity contribution < 1.29 is 22.3 Å². The van der Waals surface area contributed by atoms with Crippen molar-refractivity contribution in [1.82, 2.24) is 10.3 Å². The van der Waals surface area contributed by atoms with Crippen LogP contribution in [0.5, 0.6) is 5.88 Å². The molecule has 1 amide bonds. The van der Waals surface area contributed by atoms with Gasteiger partial charge in [-0.1, -0.05) is 12.1 Å². The Morgan fingerprint density at radius 1 is 1.32 bits per heavy atom. The summed E-state index contributed by atoms with van der Waals surface area (Å²) in [5.74, 6) is -1.69. The van der Waals surface area contributed by atoms with Crippen LogP contribution in [0.4, 0.5) is 10.1 Å². The van der Waals surface area contributed by atoms with Crippen molar-refractivity contribution in [2.45, 2.75) is 18.4 Å². The van der Waals surface area contributed by atoms with Crippen LogP contribution in [0.2, 0.25) is 0 Å². The topological polar surface area (TPSA) is 111 Å². The number of sulfone groups is 1. The second kappa shape index (κ2) is 7.47. The third-order valence-electron chi connectivity index (χ3n) is 3.27. The van der Waals surface area contributed by atoms with E-state index in [4.69, 9.17) is 10.5 Å². The number of pyridine rings is 1. The molecule has 134 valence electrons. The molecule has 0 saturated heterocycles. The number of nitrogen functional groups attached to an aromatic ring is 1. The summed E-state index contributed by atoms with van der Waals surface area (Å²) in [6.07, 6.45) is 1.12. The molecule has 0 atom stereocenters. The first-order chi connectivity index (χ1) is 11.7. The number of carbonyl (C=O) groups excluding carboxylic acids is 1. The van der Waals surface area contributed by atoms with Crippen LogP contribution in [0.3, 0.4) is 0 Å². The molecule has 7 nitrogen and oxygen atoms in total. The molecule has 0 fully saturated rings. The van der Waals surface area contributed by atoms with E-state index in [0.29, 0.717) is 5.56 Å². The number of aromatic nitrogens is 1. The Balaban J connectivity index is 2.10. The molecule has 0 bridgehead atoms. The van der Waals surface area contributed by atoms with E-state index in [9.17, 15) is 17.6 Å². The lowest BCUT2D eigenvalue weighted by atomic mass is 10.2. The van der Waals surface area contributed by atoms with Gasteiger partial charge in [0, 0.05) is 12.8 Å². The molecule has 0 aliphatic carbocycles. The Labute approximate surface area is 144 Å². The number of anilines is 1. The van der Waals surface area contributed by atoms with E-state index in [1.54, 1.807) is 19.1 Å². The average molecular weight is 367 g/mol. The molecule has 0 aliphatic rings. The van der Waals surface area contributed by atoms with Crippen molar-refractivity contribution in [3.05, 3.63) is 47.4 Å². The molecule has 3 N–H and O–H groups in total. The van der Waals surface area contributed by atoms with Gasteiger partial charge in [-0.2, -0.15) is 4.39 Å². The highest BCUT2D eigenvalue weighted by molar-refractivity contribution is 7.90. The molecular formula is C16H18FN3O4S. The van der Waals surface area contributed by atoms with Crippen molar-refractivity contribution in [1.29, 1.82) is 0 Å². The zero-order valence-corrected chi connectivity index (χ0v) is 14.6. The maximum absolute atomic E-state index is 13.7. The zero-order chi connectivity index (χ0) is 18.6. The first kappa shape index (κ1) is 18.7. The smallest absolute Gasteiger partial charge is 0.270 e. The Morgan fingerprint density at radius 3 is 2.52 bits per heavy atom. The van der Waals surface area contributed by atoms with Crippen LogP contribution in [0.15, 0.2) is 35.2 Å². The number of carbonyl (C=O) groups is 1. The van der Waals surface area contributed by atoms with Crippen molar-refractivity contribution in [2.75, 3.05) is 18.6 Å². The Morgan fingerprint density at radius 2 is 1.96 bits per heavy atom. The van der Waals surface area contributed by atoms with Gasteiger partial charge < -0.3 is 15.8 Å². The third kappa shape index (κ3) is 4.66. The fourth-order valence-electron chi connectivity index (χ4n) is 2.00. The van der Waals surface area contributed by atoms with E-state index in [1.165, 1.54) is 12.1 Å². The second-order valence-electron chi connectivity index (χ2n) is 5.25. The predicted octanol–water partition coefficient (Wildman–Crippen LogP) is 1.54. The number of ether oxygens (including phenoxy) is 1. The van der Waals surface area contributed by atoms with Crippen molar-refractivity contribution in [3.63, 3.8) is 0 Å². The summed E-state index contributed by atoms with van der Waals surface area (Å²) >= 11 is 0. The minimum absolute atomic E-state index is 0.0740. The lowest BCUT2D eigenvalue weighted by molar-refractivity contribution is 0.0944. The molecule has 2 aromatic rings. The summed E-state index contributed by atoms with van der Waals surface area (Å²) in [7, 11) is -3.27. The highest BCUT2D eigenvalue weighted by atomic mass is 32.2. The van der Waals surface area contributed by atoms with Crippen molar-refractivity contribution in [2.24, 2.45) is 0 Å². The number of hydrogen-bond donors (Lipinski definition) is 2. The number of benzene rings is 1. The first-order valence-electron chi connectivity index (χ1n) is 7.38. The van der Waals surface area contributed by atoms with Crippen LogP contribution in [0.25, 0.3) is 0 Å². The van der Waals surface area contributed by atoms with Crippen LogP contribution in [-0.4, -0.2) is 32.2 Å². The molecule has 1 aromatic carbocycles. The predicted molar refractivity (Wildman–Crippen MR) is 90.5 cm³/mol. The maximum Gasteiger partial charge on any atom is 0.270 e.